The maximum atomic E-state index is 10.4. The maximum Gasteiger partial charge on any atom is 0.303 e. The van der Waals surface area contributed by atoms with Gasteiger partial charge in [0.25, 0.3) is 0 Å². The zero-order chi connectivity index (χ0) is 12.1. The van der Waals surface area contributed by atoms with Gasteiger partial charge in [0.15, 0.2) is 5.82 Å². The number of hydrogen-bond donors (Lipinski definition) is 1. The number of likely N-dealkylation sites (tertiary alicyclic amines) is 1. The number of carbonyl (C=O) groups is 1. The first kappa shape index (κ1) is 12.0. The molecule has 1 aliphatic heterocycles. The lowest BCUT2D eigenvalue weighted by Gasteiger charge is -2.11. The van der Waals surface area contributed by atoms with Gasteiger partial charge in [0.2, 0.25) is 5.89 Å². The molecule has 1 aromatic heterocycles. The molecule has 2 rings (SSSR count). The van der Waals surface area contributed by atoms with Crippen molar-refractivity contribution in [3.05, 3.63) is 11.7 Å². The summed E-state index contributed by atoms with van der Waals surface area (Å²) in [4.78, 5) is 16.9. The number of aromatic nitrogens is 2. The van der Waals surface area contributed by atoms with E-state index in [4.69, 9.17) is 9.63 Å². The Balaban J connectivity index is 1.75. The minimum absolute atomic E-state index is 0.0355. The summed E-state index contributed by atoms with van der Waals surface area (Å²) >= 11 is 0. The topological polar surface area (TPSA) is 79.5 Å². The van der Waals surface area contributed by atoms with E-state index in [2.05, 4.69) is 15.0 Å². The zero-order valence-electron chi connectivity index (χ0n) is 9.76. The van der Waals surface area contributed by atoms with Crippen LogP contribution in [0.25, 0.3) is 0 Å². The molecular formula is C11H17N3O3. The molecule has 6 nitrogen and oxygen atoms in total. The Kier molecular flexibility index (Phi) is 4.08. The van der Waals surface area contributed by atoms with Gasteiger partial charge in [-0.3, -0.25) is 4.79 Å². The largest absolute Gasteiger partial charge is 0.481 e. The van der Waals surface area contributed by atoms with E-state index >= 15 is 0 Å². The molecular weight excluding hydrogens is 222 g/mol. The Morgan fingerprint density at radius 2 is 2.12 bits per heavy atom. The third kappa shape index (κ3) is 3.81. The molecule has 0 aliphatic carbocycles. The van der Waals surface area contributed by atoms with Crippen LogP contribution in [0.3, 0.4) is 0 Å². The number of rotatable bonds is 6. The Labute approximate surface area is 99.6 Å². The van der Waals surface area contributed by atoms with Gasteiger partial charge in [0, 0.05) is 19.4 Å². The van der Waals surface area contributed by atoms with Crippen molar-refractivity contribution in [2.24, 2.45) is 0 Å². The Morgan fingerprint density at radius 1 is 1.35 bits per heavy atom. The normalized spacial score (nSPS) is 16.5. The van der Waals surface area contributed by atoms with Crippen molar-refractivity contribution >= 4 is 5.97 Å². The average Bonchev–Trinajstić information content (AvgIpc) is 2.95. The zero-order valence-corrected chi connectivity index (χ0v) is 9.76. The van der Waals surface area contributed by atoms with Crippen molar-refractivity contribution in [3.8, 4) is 0 Å². The highest BCUT2D eigenvalue weighted by atomic mass is 16.5. The molecule has 1 saturated heterocycles. The minimum atomic E-state index is -0.846. The fraction of sp³-hybridized carbons (Fsp3) is 0.727. The number of carboxylic acid groups (broad SMARTS) is 1. The summed E-state index contributed by atoms with van der Waals surface area (Å²) in [5.74, 6) is 0.253. The van der Waals surface area contributed by atoms with Gasteiger partial charge in [0.1, 0.15) is 0 Å². The highest BCUT2D eigenvalue weighted by Gasteiger charge is 2.13. The first-order valence-corrected chi connectivity index (χ1v) is 5.99. The number of aliphatic carboxylic acids is 1. The molecule has 2 heterocycles. The molecule has 1 aromatic rings. The van der Waals surface area contributed by atoms with Crippen LogP contribution in [-0.2, 0) is 17.6 Å². The Bertz CT molecular complexity index is 372. The summed E-state index contributed by atoms with van der Waals surface area (Å²) in [6.07, 6.45) is 3.67. The van der Waals surface area contributed by atoms with Crippen molar-refractivity contribution < 1.29 is 14.4 Å². The summed E-state index contributed by atoms with van der Waals surface area (Å²) in [7, 11) is 0. The fourth-order valence-corrected chi connectivity index (χ4v) is 1.97. The van der Waals surface area contributed by atoms with Crippen molar-refractivity contribution in [2.75, 3.05) is 19.6 Å². The van der Waals surface area contributed by atoms with Crippen LogP contribution in [0.2, 0.25) is 0 Å². The molecule has 6 heteroatoms. The van der Waals surface area contributed by atoms with E-state index in [-0.39, 0.29) is 6.42 Å². The lowest BCUT2D eigenvalue weighted by atomic mass is 10.3. The first-order chi connectivity index (χ1) is 8.24. The van der Waals surface area contributed by atoms with E-state index < -0.39 is 5.97 Å². The van der Waals surface area contributed by atoms with Gasteiger partial charge >= 0.3 is 5.97 Å². The molecule has 0 aromatic carbocycles. The van der Waals surface area contributed by atoms with Crippen LogP contribution in [-0.4, -0.2) is 45.8 Å². The average molecular weight is 239 g/mol. The van der Waals surface area contributed by atoms with Crippen LogP contribution in [0.5, 0.6) is 0 Å². The molecule has 0 radical (unpaired) electrons. The minimum Gasteiger partial charge on any atom is -0.481 e. The SMILES string of the molecule is O=C(O)CCc1nc(CCN2CCCC2)no1. The molecule has 0 atom stereocenters. The fourth-order valence-electron chi connectivity index (χ4n) is 1.97. The van der Waals surface area contributed by atoms with Gasteiger partial charge in [0.05, 0.1) is 6.42 Å². The van der Waals surface area contributed by atoms with Gasteiger partial charge in [-0.15, -0.1) is 0 Å². The van der Waals surface area contributed by atoms with Crippen LogP contribution in [0.15, 0.2) is 4.52 Å². The summed E-state index contributed by atoms with van der Waals surface area (Å²) in [5, 5.41) is 12.4. The van der Waals surface area contributed by atoms with E-state index in [9.17, 15) is 4.79 Å². The molecule has 17 heavy (non-hydrogen) atoms. The van der Waals surface area contributed by atoms with Crippen LogP contribution < -0.4 is 0 Å². The van der Waals surface area contributed by atoms with Crippen molar-refractivity contribution in [1.29, 1.82) is 0 Å². The second-order valence-corrected chi connectivity index (χ2v) is 4.30. The molecule has 0 bridgehead atoms. The lowest BCUT2D eigenvalue weighted by Crippen LogP contribution is -2.22. The summed E-state index contributed by atoms with van der Waals surface area (Å²) in [6, 6.07) is 0. The Morgan fingerprint density at radius 3 is 2.82 bits per heavy atom. The van der Waals surface area contributed by atoms with Gasteiger partial charge < -0.3 is 14.5 Å². The summed E-state index contributed by atoms with van der Waals surface area (Å²) < 4.78 is 4.99. The Hall–Kier alpha value is -1.43. The van der Waals surface area contributed by atoms with E-state index in [0.29, 0.717) is 18.1 Å². The van der Waals surface area contributed by atoms with Crippen molar-refractivity contribution in [1.82, 2.24) is 15.0 Å². The summed E-state index contributed by atoms with van der Waals surface area (Å²) in [5.41, 5.74) is 0. The van der Waals surface area contributed by atoms with Crippen molar-refractivity contribution in [2.45, 2.75) is 32.1 Å². The molecule has 0 saturated carbocycles. The van der Waals surface area contributed by atoms with Crippen LogP contribution >= 0.6 is 0 Å². The third-order valence-corrected chi connectivity index (χ3v) is 2.91. The molecule has 0 unspecified atom stereocenters. The predicted molar refractivity (Wildman–Crippen MR) is 59.6 cm³/mol. The second kappa shape index (κ2) is 5.77. The number of carboxylic acids is 1. The number of nitrogens with zero attached hydrogens (tertiary/aromatic N) is 3. The monoisotopic (exact) mass is 239 g/mol. The number of aryl methyl sites for hydroxylation is 1. The molecule has 0 spiro atoms. The van der Waals surface area contributed by atoms with Crippen molar-refractivity contribution in [3.63, 3.8) is 0 Å². The molecule has 1 N–H and O–H groups in total. The third-order valence-electron chi connectivity index (χ3n) is 2.91. The molecule has 0 amide bonds. The van der Waals surface area contributed by atoms with E-state index in [1.54, 1.807) is 0 Å². The highest BCUT2D eigenvalue weighted by Crippen LogP contribution is 2.08. The highest BCUT2D eigenvalue weighted by molar-refractivity contribution is 5.66. The smallest absolute Gasteiger partial charge is 0.303 e. The molecule has 94 valence electrons. The quantitative estimate of drug-likeness (QED) is 0.788. The van der Waals surface area contributed by atoms with Crippen LogP contribution in [0, 0.1) is 0 Å². The first-order valence-electron chi connectivity index (χ1n) is 5.99. The molecule has 1 fully saturated rings. The van der Waals surface area contributed by atoms with E-state index in [0.717, 1.165) is 26.1 Å². The van der Waals surface area contributed by atoms with Crippen LogP contribution in [0.1, 0.15) is 31.0 Å². The van der Waals surface area contributed by atoms with Gasteiger partial charge in [-0.2, -0.15) is 4.98 Å². The van der Waals surface area contributed by atoms with Gasteiger partial charge in [-0.1, -0.05) is 5.16 Å². The standard InChI is InChI=1S/C11H17N3O3/c15-11(16)4-3-10-12-9(13-17-10)5-8-14-6-1-2-7-14/h1-8H2,(H,15,16). The second-order valence-electron chi connectivity index (χ2n) is 4.30. The number of hydrogen-bond acceptors (Lipinski definition) is 5. The maximum absolute atomic E-state index is 10.4. The van der Waals surface area contributed by atoms with Gasteiger partial charge in [-0.25, -0.2) is 0 Å². The van der Waals surface area contributed by atoms with Gasteiger partial charge in [-0.05, 0) is 25.9 Å². The summed E-state index contributed by atoms with van der Waals surface area (Å²) in [6.45, 7) is 3.27. The van der Waals surface area contributed by atoms with Crippen LogP contribution in [0.4, 0.5) is 0 Å². The molecule has 1 aliphatic rings. The lowest BCUT2D eigenvalue weighted by molar-refractivity contribution is -0.137. The predicted octanol–water partition coefficient (Wildman–Crippen LogP) is 0.725. The van der Waals surface area contributed by atoms with E-state index in [1.165, 1.54) is 12.8 Å². The van der Waals surface area contributed by atoms with E-state index in [1.807, 2.05) is 0 Å².